The predicted octanol–water partition coefficient (Wildman–Crippen LogP) is 3.65. The molecular weight excluding hydrogens is 427 g/mol. The summed E-state index contributed by atoms with van der Waals surface area (Å²) < 4.78 is 6.42. The molecule has 1 aromatic heterocycles. The van der Waals surface area contributed by atoms with Crippen LogP contribution in [-0.4, -0.2) is 48.7 Å². The van der Waals surface area contributed by atoms with E-state index in [1.165, 1.54) is 12.8 Å². The van der Waals surface area contributed by atoms with E-state index < -0.39 is 0 Å². The lowest BCUT2D eigenvalue weighted by molar-refractivity contribution is 0.226. The zero-order chi connectivity index (χ0) is 16.4. The van der Waals surface area contributed by atoms with Crippen molar-refractivity contribution in [3.8, 4) is 5.75 Å². The van der Waals surface area contributed by atoms with Crippen LogP contribution in [0, 0.1) is 9.49 Å². The van der Waals surface area contributed by atoms with Crippen LogP contribution in [0.3, 0.4) is 0 Å². The number of fused-ring (bicyclic) bond motifs is 1. The molecule has 3 rings (SSSR count). The van der Waals surface area contributed by atoms with Crippen molar-refractivity contribution in [3.63, 3.8) is 0 Å². The summed E-state index contributed by atoms with van der Waals surface area (Å²) in [6.45, 7) is 3.22. The van der Waals surface area contributed by atoms with Gasteiger partial charge in [0.1, 0.15) is 11.6 Å². The first-order valence-electron chi connectivity index (χ1n) is 7.70. The Morgan fingerprint density at radius 3 is 2.78 bits per heavy atom. The van der Waals surface area contributed by atoms with E-state index in [1.54, 1.807) is 7.11 Å². The Balaban J connectivity index is 1.84. The second kappa shape index (κ2) is 7.36. The summed E-state index contributed by atoms with van der Waals surface area (Å²) in [6.07, 6.45) is 2.42. The second-order valence-corrected chi connectivity index (χ2v) is 7.47. The summed E-state index contributed by atoms with van der Waals surface area (Å²) in [5, 5.41) is 4.68. The van der Waals surface area contributed by atoms with Crippen LogP contribution in [-0.2, 0) is 0 Å². The first-order valence-corrected chi connectivity index (χ1v) is 9.15. The molecule has 5 nitrogen and oxygen atoms in total. The van der Waals surface area contributed by atoms with Crippen molar-refractivity contribution in [1.82, 2.24) is 14.9 Å². The van der Waals surface area contributed by atoms with Gasteiger partial charge >= 0.3 is 0 Å². The van der Waals surface area contributed by atoms with Gasteiger partial charge in [0, 0.05) is 11.9 Å². The summed E-state index contributed by atoms with van der Waals surface area (Å²) in [4.78, 5) is 11.1. The third-order valence-corrected chi connectivity index (χ3v) is 5.35. The number of hydrogen-bond donors (Lipinski definition) is 1. The first kappa shape index (κ1) is 17.0. The number of nitrogens with one attached hydrogen (secondary N) is 1. The molecule has 2 heterocycles. The highest BCUT2D eigenvalue weighted by Crippen LogP contribution is 2.31. The normalized spacial score (nSPS) is 16.7. The van der Waals surface area contributed by atoms with Gasteiger partial charge in [0.15, 0.2) is 0 Å². The van der Waals surface area contributed by atoms with Crippen LogP contribution in [0.15, 0.2) is 12.1 Å². The maximum Gasteiger partial charge on any atom is 0.224 e. The number of anilines is 1. The Kier molecular flexibility index (Phi) is 5.43. The van der Waals surface area contributed by atoms with E-state index in [1.807, 2.05) is 12.1 Å². The van der Waals surface area contributed by atoms with E-state index >= 15 is 0 Å². The van der Waals surface area contributed by atoms with Gasteiger partial charge in [-0.1, -0.05) is 0 Å². The Morgan fingerprint density at radius 2 is 2.09 bits per heavy atom. The molecule has 0 amide bonds. The molecule has 2 aromatic rings. The highest BCUT2D eigenvalue weighted by molar-refractivity contribution is 14.1. The van der Waals surface area contributed by atoms with E-state index in [4.69, 9.17) is 16.3 Å². The van der Waals surface area contributed by atoms with Crippen LogP contribution in [0.2, 0.25) is 5.28 Å². The monoisotopic (exact) mass is 446 g/mol. The molecule has 1 saturated heterocycles. The minimum Gasteiger partial charge on any atom is -0.496 e. The van der Waals surface area contributed by atoms with E-state index in [0.29, 0.717) is 5.92 Å². The maximum atomic E-state index is 6.09. The van der Waals surface area contributed by atoms with E-state index in [0.717, 1.165) is 45.7 Å². The fourth-order valence-electron chi connectivity index (χ4n) is 2.90. The number of likely N-dealkylation sites (tertiary alicyclic amines) is 1. The Bertz CT molecular complexity index is 704. The molecule has 0 unspecified atom stereocenters. The number of aromatic nitrogens is 2. The van der Waals surface area contributed by atoms with Crippen molar-refractivity contribution in [3.05, 3.63) is 21.0 Å². The summed E-state index contributed by atoms with van der Waals surface area (Å²) in [6, 6.07) is 3.95. The van der Waals surface area contributed by atoms with Crippen LogP contribution in [0.5, 0.6) is 5.75 Å². The molecule has 0 radical (unpaired) electrons. The van der Waals surface area contributed by atoms with Gasteiger partial charge in [0.05, 0.1) is 16.2 Å². The van der Waals surface area contributed by atoms with Gasteiger partial charge in [0.2, 0.25) is 5.28 Å². The average Bonchev–Trinajstić information content (AvgIpc) is 2.53. The van der Waals surface area contributed by atoms with Crippen molar-refractivity contribution in [1.29, 1.82) is 0 Å². The van der Waals surface area contributed by atoms with Crippen LogP contribution in [0.4, 0.5) is 5.82 Å². The van der Waals surface area contributed by atoms with Crippen molar-refractivity contribution in [2.45, 2.75) is 12.8 Å². The molecule has 0 spiro atoms. The Labute approximate surface area is 154 Å². The summed E-state index contributed by atoms with van der Waals surface area (Å²) >= 11 is 8.32. The van der Waals surface area contributed by atoms with E-state index in [2.05, 4.69) is 49.8 Å². The molecule has 0 aliphatic carbocycles. The van der Waals surface area contributed by atoms with Crippen LogP contribution < -0.4 is 10.1 Å². The van der Waals surface area contributed by atoms with Crippen molar-refractivity contribution >= 4 is 50.9 Å². The molecule has 1 fully saturated rings. The number of piperidine rings is 1. The fourth-order valence-corrected chi connectivity index (χ4v) is 3.75. The molecule has 1 N–H and O–H groups in total. The lowest BCUT2D eigenvalue weighted by Gasteiger charge is -2.29. The number of ether oxygens (including phenoxy) is 1. The van der Waals surface area contributed by atoms with Gasteiger partial charge in [-0.15, -0.1) is 0 Å². The molecular formula is C16H20ClIN4O. The second-order valence-electron chi connectivity index (χ2n) is 5.97. The minimum absolute atomic E-state index is 0.268. The molecule has 0 saturated carbocycles. The zero-order valence-electron chi connectivity index (χ0n) is 13.3. The number of hydrogen-bond acceptors (Lipinski definition) is 5. The molecule has 1 aromatic carbocycles. The van der Waals surface area contributed by atoms with Gasteiger partial charge in [-0.3, -0.25) is 0 Å². The summed E-state index contributed by atoms with van der Waals surface area (Å²) in [5.74, 6) is 2.28. The standard InChI is InChI=1S/C16H20ClIN4O/c1-22-5-3-10(4-6-22)9-19-15-11-7-14(23-2)12(18)8-13(11)20-16(17)21-15/h7-8,10H,3-6,9H2,1-2H3,(H,19,20,21). The third kappa shape index (κ3) is 3.97. The van der Waals surface area contributed by atoms with Gasteiger partial charge in [0.25, 0.3) is 0 Å². The number of methoxy groups -OCH3 is 1. The number of benzene rings is 1. The molecule has 1 aliphatic heterocycles. The van der Waals surface area contributed by atoms with Crippen molar-refractivity contribution in [2.24, 2.45) is 5.92 Å². The molecule has 0 atom stereocenters. The number of nitrogens with zero attached hydrogens (tertiary/aromatic N) is 3. The smallest absolute Gasteiger partial charge is 0.224 e. The minimum atomic E-state index is 0.268. The molecule has 23 heavy (non-hydrogen) atoms. The van der Waals surface area contributed by atoms with Crippen LogP contribution in [0.1, 0.15) is 12.8 Å². The molecule has 7 heteroatoms. The maximum absolute atomic E-state index is 6.09. The summed E-state index contributed by atoms with van der Waals surface area (Å²) in [5.41, 5.74) is 0.834. The van der Waals surface area contributed by atoms with E-state index in [9.17, 15) is 0 Å². The lowest BCUT2D eigenvalue weighted by atomic mass is 9.97. The van der Waals surface area contributed by atoms with Gasteiger partial charge in [-0.05, 0) is 85.2 Å². The van der Waals surface area contributed by atoms with Crippen LogP contribution in [0.25, 0.3) is 10.9 Å². The van der Waals surface area contributed by atoms with Crippen molar-refractivity contribution < 1.29 is 4.74 Å². The quantitative estimate of drug-likeness (QED) is 0.574. The van der Waals surface area contributed by atoms with Gasteiger partial charge < -0.3 is 15.0 Å². The van der Waals surface area contributed by atoms with Gasteiger partial charge in [-0.2, -0.15) is 0 Å². The molecule has 0 bridgehead atoms. The molecule has 1 aliphatic rings. The van der Waals surface area contributed by atoms with Crippen molar-refractivity contribution in [2.75, 3.05) is 39.1 Å². The van der Waals surface area contributed by atoms with Crippen LogP contribution >= 0.6 is 34.2 Å². The number of halogens is 2. The Morgan fingerprint density at radius 1 is 1.35 bits per heavy atom. The SMILES string of the molecule is COc1cc2c(NCC3CCN(C)CC3)nc(Cl)nc2cc1I. The van der Waals surface area contributed by atoms with Gasteiger partial charge in [-0.25, -0.2) is 9.97 Å². The molecule has 124 valence electrons. The predicted molar refractivity (Wildman–Crippen MR) is 103 cm³/mol. The number of rotatable bonds is 4. The Hall–Kier alpha value is -0.860. The van der Waals surface area contributed by atoms with E-state index in [-0.39, 0.29) is 5.28 Å². The highest BCUT2D eigenvalue weighted by atomic mass is 127. The topological polar surface area (TPSA) is 50.3 Å². The third-order valence-electron chi connectivity index (χ3n) is 4.34. The summed E-state index contributed by atoms with van der Waals surface area (Å²) in [7, 11) is 3.85. The lowest BCUT2D eigenvalue weighted by Crippen LogP contribution is -2.33. The highest BCUT2D eigenvalue weighted by Gasteiger charge is 2.17. The first-order chi connectivity index (χ1) is 11.1. The average molecular weight is 447 g/mol. The largest absolute Gasteiger partial charge is 0.496 e. The zero-order valence-corrected chi connectivity index (χ0v) is 16.2. The fraction of sp³-hybridized carbons (Fsp3) is 0.500.